The highest BCUT2D eigenvalue weighted by Crippen LogP contribution is 2.24. The van der Waals surface area contributed by atoms with Crippen molar-refractivity contribution >= 4 is 33.8 Å². The Hall–Kier alpha value is -3.24. The minimum absolute atomic E-state index is 0.301. The van der Waals surface area contributed by atoms with Gasteiger partial charge < -0.3 is 5.32 Å². The molecule has 4 aromatic heterocycles. The molecule has 2 N–H and O–H groups in total. The molecule has 29 heavy (non-hydrogen) atoms. The van der Waals surface area contributed by atoms with E-state index in [4.69, 9.17) is 0 Å². The monoisotopic (exact) mass is 423 g/mol. The Labute approximate surface area is 175 Å². The number of nitrogens with zero attached hydrogens (tertiary/aromatic N) is 5. The lowest BCUT2D eigenvalue weighted by atomic mass is 10.2. The number of hydrogen-bond acceptors (Lipinski definition) is 8. The SMILES string of the molecule is O=C(NCCCc1nc(-c2ccncc2)cs1)Nc1nnc(-c2ccccn2)s1. The molecule has 0 bridgehead atoms. The average molecular weight is 424 g/mol. The van der Waals surface area contributed by atoms with Crippen LogP contribution in [0.4, 0.5) is 9.93 Å². The smallest absolute Gasteiger partial charge is 0.321 e. The molecule has 0 saturated carbocycles. The van der Waals surface area contributed by atoms with Crippen molar-refractivity contribution in [3.63, 3.8) is 0 Å². The Morgan fingerprint density at radius 3 is 2.76 bits per heavy atom. The quantitative estimate of drug-likeness (QED) is 0.437. The molecule has 0 spiro atoms. The van der Waals surface area contributed by atoms with E-state index in [1.54, 1.807) is 29.9 Å². The maximum Gasteiger partial charge on any atom is 0.321 e. The van der Waals surface area contributed by atoms with Crippen LogP contribution in [-0.4, -0.2) is 37.7 Å². The van der Waals surface area contributed by atoms with Crippen LogP contribution in [0, 0.1) is 0 Å². The molecule has 10 heteroatoms. The van der Waals surface area contributed by atoms with Crippen LogP contribution >= 0.6 is 22.7 Å². The van der Waals surface area contributed by atoms with Gasteiger partial charge in [-0.15, -0.1) is 21.5 Å². The third kappa shape index (κ3) is 5.18. The van der Waals surface area contributed by atoms with Gasteiger partial charge in [0.25, 0.3) is 0 Å². The number of aryl methyl sites for hydroxylation is 1. The number of hydrogen-bond donors (Lipinski definition) is 2. The van der Waals surface area contributed by atoms with Gasteiger partial charge in [0.05, 0.1) is 10.7 Å². The second-order valence-corrected chi connectivity index (χ2v) is 7.89. The Morgan fingerprint density at radius 1 is 1.03 bits per heavy atom. The van der Waals surface area contributed by atoms with Crippen LogP contribution < -0.4 is 10.6 Å². The summed E-state index contributed by atoms with van der Waals surface area (Å²) >= 11 is 2.91. The van der Waals surface area contributed by atoms with E-state index in [2.05, 4.69) is 35.8 Å². The molecule has 0 atom stereocenters. The van der Waals surface area contributed by atoms with Gasteiger partial charge in [-0.05, 0) is 30.7 Å². The van der Waals surface area contributed by atoms with Crippen LogP contribution in [0.5, 0.6) is 0 Å². The topological polar surface area (TPSA) is 106 Å². The number of thiazole rings is 1. The van der Waals surface area contributed by atoms with Gasteiger partial charge >= 0.3 is 6.03 Å². The molecular formula is C19H17N7OS2. The number of aromatic nitrogens is 5. The number of urea groups is 1. The number of rotatable bonds is 7. The molecule has 0 aliphatic heterocycles. The third-order valence-electron chi connectivity index (χ3n) is 3.91. The number of anilines is 1. The second kappa shape index (κ2) is 9.30. The average Bonchev–Trinajstić information content (AvgIpc) is 3.42. The van der Waals surface area contributed by atoms with Crippen molar-refractivity contribution in [2.45, 2.75) is 12.8 Å². The molecule has 0 aromatic carbocycles. The van der Waals surface area contributed by atoms with Gasteiger partial charge in [-0.3, -0.25) is 15.3 Å². The predicted molar refractivity (Wildman–Crippen MR) is 114 cm³/mol. The van der Waals surface area contributed by atoms with Crippen LogP contribution in [0.25, 0.3) is 22.0 Å². The first-order chi connectivity index (χ1) is 14.3. The Morgan fingerprint density at radius 2 is 1.93 bits per heavy atom. The molecule has 4 heterocycles. The van der Waals surface area contributed by atoms with E-state index in [0.717, 1.165) is 34.8 Å². The third-order valence-corrected chi connectivity index (χ3v) is 5.68. The summed E-state index contributed by atoms with van der Waals surface area (Å²) < 4.78 is 0. The van der Waals surface area contributed by atoms with E-state index >= 15 is 0 Å². The molecule has 0 unspecified atom stereocenters. The summed E-state index contributed by atoms with van der Waals surface area (Å²) in [6.45, 7) is 0.544. The molecule has 146 valence electrons. The van der Waals surface area contributed by atoms with Crippen LogP contribution in [0.1, 0.15) is 11.4 Å². The molecule has 0 radical (unpaired) electrons. The number of carbonyl (C=O) groups excluding carboxylic acids is 1. The largest absolute Gasteiger partial charge is 0.338 e. The minimum Gasteiger partial charge on any atom is -0.338 e. The first-order valence-corrected chi connectivity index (χ1v) is 10.6. The first kappa shape index (κ1) is 19.1. The zero-order valence-corrected chi connectivity index (χ0v) is 16.9. The number of nitrogens with one attached hydrogen (secondary N) is 2. The van der Waals surface area contributed by atoms with Crippen LogP contribution in [0.2, 0.25) is 0 Å². The predicted octanol–water partition coefficient (Wildman–Crippen LogP) is 3.87. The zero-order chi connectivity index (χ0) is 19.9. The van der Waals surface area contributed by atoms with E-state index in [1.165, 1.54) is 11.3 Å². The Kier molecular flexibility index (Phi) is 6.13. The van der Waals surface area contributed by atoms with E-state index in [0.29, 0.717) is 16.7 Å². The lowest BCUT2D eigenvalue weighted by molar-refractivity contribution is 0.252. The van der Waals surface area contributed by atoms with Gasteiger partial charge in [0.15, 0.2) is 5.01 Å². The highest BCUT2D eigenvalue weighted by Gasteiger charge is 2.10. The molecule has 2 amide bonds. The molecule has 0 saturated heterocycles. The summed E-state index contributed by atoms with van der Waals surface area (Å²) in [6.07, 6.45) is 6.81. The van der Waals surface area contributed by atoms with E-state index in [-0.39, 0.29) is 6.03 Å². The van der Waals surface area contributed by atoms with Gasteiger partial charge in [-0.25, -0.2) is 9.78 Å². The lowest BCUT2D eigenvalue weighted by Crippen LogP contribution is -2.29. The van der Waals surface area contributed by atoms with Crippen LogP contribution in [0.15, 0.2) is 54.3 Å². The van der Waals surface area contributed by atoms with Gasteiger partial charge in [-0.1, -0.05) is 17.4 Å². The summed E-state index contributed by atoms with van der Waals surface area (Å²) in [6, 6.07) is 9.15. The summed E-state index contributed by atoms with van der Waals surface area (Å²) in [5.41, 5.74) is 2.74. The van der Waals surface area contributed by atoms with Gasteiger partial charge in [0, 0.05) is 42.5 Å². The summed E-state index contributed by atoms with van der Waals surface area (Å²) in [7, 11) is 0. The highest BCUT2D eigenvalue weighted by molar-refractivity contribution is 7.18. The molecule has 0 aliphatic carbocycles. The van der Waals surface area contributed by atoms with Gasteiger partial charge in [0.1, 0.15) is 5.69 Å². The van der Waals surface area contributed by atoms with E-state index in [9.17, 15) is 4.79 Å². The number of pyridine rings is 2. The molecule has 8 nitrogen and oxygen atoms in total. The first-order valence-electron chi connectivity index (χ1n) is 8.92. The molecule has 0 aliphatic rings. The van der Waals surface area contributed by atoms with Crippen molar-refractivity contribution in [2.24, 2.45) is 0 Å². The standard InChI is InChI=1S/C19H17N7OS2/c27-18(24-19-26-25-17(29-19)14-4-1-2-8-21-14)22-9-3-5-16-23-15(12-28-16)13-6-10-20-11-7-13/h1-2,4,6-8,10-12H,3,5,9H2,(H2,22,24,26,27). The number of carbonyl (C=O) groups is 1. The fourth-order valence-electron chi connectivity index (χ4n) is 2.53. The molecular weight excluding hydrogens is 406 g/mol. The second-order valence-electron chi connectivity index (χ2n) is 5.97. The number of amides is 2. The maximum atomic E-state index is 12.0. The summed E-state index contributed by atoms with van der Waals surface area (Å²) in [4.78, 5) is 24.9. The highest BCUT2D eigenvalue weighted by atomic mass is 32.1. The van der Waals surface area contributed by atoms with E-state index in [1.807, 2.05) is 35.7 Å². The molecule has 4 rings (SSSR count). The van der Waals surface area contributed by atoms with Crippen LogP contribution in [-0.2, 0) is 6.42 Å². The fraction of sp³-hybridized carbons (Fsp3) is 0.158. The normalized spacial score (nSPS) is 10.6. The summed E-state index contributed by atoms with van der Waals surface area (Å²) in [5.74, 6) is 0. The van der Waals surface area contributed by atoms with Crippen molar-refractivity contribution in [2.75, 3.05) is 11.9 Å². The molecule has 4 aromatic rings. The fourth-order valence-corrected chi connectivity index (χ4v) is 4.10. The lowest BCUT2D eigenvalue weighted by Gasteiger charge is -2.04. The minimum atomic E-state index is -0.301. The summed E-state index contributed by atoms with van der Waals surface area (Å²) in [5, 5.41) is 17.8. The Balaban J connectivity index is 1.21. The van der Waals surface area contributed by atoms with Crippen LogP contribution in [0.3, 0.4) is 0 Å². The van der Waals surface area contributed by atoms with Gasteiger partial charge in [0.2, 0.25) is 5.13 Å². The maximum absolute atomic E-state index is 12.0. The van der Waals surface area contributed by atoms with Crippen molar-refractivity contribution < 1.29 is 4.79 Å². The van der Waals surface area contributed by atoms with E-state index < -0.39 is 0 Å². The Bertz CT molecular complexity index is 1070. The molecule has 0 fully saturated rings. The van der Waals surface area contributed by atoms with Crippen molar-refractivity contribution in [3.8, 4) is 22.0 Å². The van der Waals surface area contributed by atoms with Crippen molar-refractivity contribution in [1.82, 2.24) is 30.5 Å². The van der Waals surface area contributed by atoms with Crippen molar-refractivity contribution in [1.29, 1.82) is 0 Å². The van der Waals surface area contributed by atoms with Gasteiger partial charge in [-0.2, -0.15) is 0 Å². The van der Waals surface area contributed by atoms with Crippen molar-refractivity contribution in [3.05, 3.63) is 59.3 Å². The zero-order valence-electron chi connectivity index (χ0n) is 15.3.